The third kappa shape index (κ3) is 3.98. The molecule has 2 rings (SSSR count). The highest BCUT2D eigenvalue weighted by Gasteiger charge is 2.13. The minimum Gasteiger partial charge on any atom is -0.288 e. The van der Waals surface area contributed by atoms with Gasteiger partial charge in [0.25, 0.3) is 0 Å². The molecule has 0 unspecified atom stereocenters. The van der Waals surface area contributed by atoms with Gasteiger partial charge in [-0.05, 0) is 25.1 Å². The number of ketones is 1. The number of amides is 1. The maximum atomic E-state index is 13.5. The van der Waals surface area contributed by atoms with E-state index in [1.165, 1.54) is 25.1 Å². The van der Waals surface area contributed by atoms with Crippen molar-refractivity contribution in [2.75, 3.05) is 5.43 Å². The third-order valence-corrected chi connectivity index (χ3v) is 3.77. The molecule has 22 heavy (non-hydrogen) atoms. The molecule has 5 nitrogen and oxygen atoms in total. The summed E-state index contributed by atoms with van der Waals surface area (Å²) in [6.07, 6.45) is 2.73. The Kier molecular flexibility index (Phi) is 5.00. The van der Waals surface area contributed by atoms with E-state index in [0.29, 0.717) is 21.3 Å². The Bertz CT molecular complexity index is 740. The van der Waals surface area contributed by atoms with E-state index in [1.54, 1.807) is 25.1 Å². The van der Waals surface area contributed by atoms with Crippen LogP contribution in [0.1, 0.15) is 27.9 Å². The predicted octanol–water partition coefficient (Wildman–Crippen LogP) is 2.95. The summed E-state index contributed by atoms with van der Waals surface area (Å²) >= 11 is 1.12. The lowest BCUT2D eigenvalue weighted by molar-refractivity contribution is -0.118. The molecule has 0 saturated heterocycles. The highest BCUT2D eigenvalue weighted by molar-refractivity contribution is 7.17. The summed E-state index contributed by atoms with van der Waals surface area (Å²) < 4.78 is 13.5. The summed E-state index contributed by atoms with van der Waals surface area (Å²) in [6.45, 7) is 3.05. The van der Waals surface area contributed by atoms with Gasteiger partial charge in [-0.2, -0.15) is 0 Å². The van der Waals surface area contributed by atoms with E-state index in [1.807, 2.05) is 0 Å². The molecule has 7 heteroatoms. The smallest absolute Gasteiger partial charge is 0.235 e. The van der Waals surface area contributed by atoms with Gasteiger partial charge in [0.1, 0.15) is 5.82 Å². The SMILES string of the molecule is CC(=O)NNc1nc(C)c(C(=O)/C=C/c2ccccc2F)s1. The number of hydrogen-bond acceptors (Lipinski definition) is 5. The summed E-state index contributed by atoms with van der Waals surface area (Å²) in [6, 6.07) is 6.20. The van der Waals surface area contributed by atoms with Crippen LogP contribution in [0, 0.1) is 12.7 Å². The number of nitrogens with one attached hydrogen (secondary N) is 2. The van der Waals surface area contributed by atoms with Crippen LogP contribution in [0.5, 0.6) is 0 Å². The quantitative estimate of drug-likeness (QED) is 0.505. The van der Waals surface area contributed by atoms with Gasteiger partial charge in [0.2, 0.25) is 11.0 Å². The zero-order valence-corrected chi connectivity index (χ0v) is 12.8. The van der Waals surface area contributed by atoms with Crippen molar-refractivity contribution < 1.29 is 14.0 Å². The number of carbonyl (C=O) groups is 2. The molecule has 0 aliphatic carbocycles. The number of allylic oxidation sites excluding steroid dienone is 1. The number of hydrazine groups is 1. The van der Waals surface area contributed by atoms with E-state index >= 15 is 0 Å². The molecule has 0 spiro atoms. The molecule has 0 radical (unpaired) electrons. The van der Waals surface area contributed by atoms with Gasteiger partial charge in [-0.15, -0.1) is 0 Å². The molecule has 114 valence electrons. The zero-order valence-electron chi connectivity index (χ0n) is 12.0. The van der Waals surface area contributed by atoms with Crippen LogP contribution in [0.2, 0.25) is 0 Å². The molecule has 0 bridgehead atoms. The monoisotopic (exact) mass is 319 g/mol. The number of nitrogens with zero attached hydrogens (tertiary/aromatic N) is 1. The largest absolute Gasteiger partial charge is 0.288 e. The van der Waals surface area contributed by atoms with E-state index in [-0.39, 0.29) is 17.5 Å². The zero-order chi connectivity index (χ0) is 16.1. The minimum atomic E-state index is -0.388. The van der Waals surface area contributed by atoms with Crippen LogP contribution >= 0.6 is 11.3 Å². The van der Waals surface area contributed by atoms with Gasteiger partial charge < -0.3 is 0 Å². The molecule has 1 aromatic carbocycles. The van der Waals surface area contributed by atoms with Gasteiger partial charge >= 0.3 is 0 Å². The number of hydrogen-bond donors (Lipinski definition) is 2. The Morgan fingerprint density at radius 2 is 2.05 bits per heavy atom. The first-order chi connectivity index (χ1) is 10.5. The van der Waals surface area contributed by atoms with Crippen molar-refractivity contribution in [3.05, 3.63) is 52.3 Å². The topological polar surface area (TPSA) is 71.1 Å². The Hall–Kier alpha value is -2.54. The third-order valence-electron chi connectivity index (χ3n) is 2.69. The van der Waals surface area contributed by atoms with Crippen LogP contribution in [0.25, 0.3) is 6.08 Å². The molecule has 0 saturated carbocycles. The number of anilines is 1. The Morgan fingerprint density at radius 1 is 1.32 bits per heavy atom. The lowest BCUT2D eigenvalue weighted by atomic mass is 10.1. The summed E-state index contributed by atoms with van der Waals surface area (Å²) in [4.78, 5) is 27.5. The van der Waals surface area contributed by atoms with Gasteiger partial charge in [-0.3, -0.25) is 20.4 Å². The maximum Gasteiger partial charge on any atom is 0.235 e. The van der Waals surface area contributed by atoms with E-state index < -0.39 is 0 Å². The average molecular weight is 319 g/mol. The molecule has 0 aliphatic rings. The summed E-state index contributed by atoms with van der Waals surface area (Å²) in [5.41, 5.74) is 5.89. The van der Waals surface area contributed by atoms with Crippen molar-refractivity contribution in [1.29, 1.82) is 0 Å². The molecular formula is C15H14FN3O2S. The Morgan fingerprint density at radius 3 is 2.73 bits per heavy atom. The van der Waals surface area contributed by atoms with Crippen LogP contribution in [0.4, 0.5) is 9.52 Å². The van der Waals surface area contributed by atoms with Crippen molar-refractivity contribution >= 4 is 34.2 Å². The van der Waals surface area contributed by atoms with Crippen LogP contribution in [0.3, 0.4) is 0 Å². The molecule has 1 heterocycles. The number of halogens is 1. The molecule has 1 aromatic heterocycles. The second-order valence-electron chi connectivity index (χ2n) is 4.46. The van der Waals surface area contributed by atoms with Crippen LogP contribution in [-0.2, 0) is 4.79 Å². The van der Waals surface area contributed by atoms with Gasteiger partial charge in [0, 0.05) is 12.5 Å². The number of rotatable bonds is 5. The minimum absolute atomic E-state index is 0.264. The number of aryl methyl sites for hydroxylation is 1. The lowest BCUT2D eigenvalue weighted by Gasteiger charge is -1.99. The fraction of sp³-hybridized carbons (Fsp3) is 0.133. The second kappa shape index (κ2) is 6.95. The van der Waals surface area contributed by atoms with E-state index in [2.05, 4.69) is 15.8 Å². The molecule has 0 fully saturated rings. The summed E-state index contributed by atoms with van der Waals surface area (Å²) in [5, 5.41) is 0.412. The van der Waals surface area contributed by atoms with Crippen molar-refractivity contribution in [2.24, 2.45) is 0 Å². The molecular weight excluding hydrogens is 305 g/mol. The van der Waals surface area contributed by atoms with E-state index in [9.17, 15) is 14.0 Å². The first kappa shape index (κ1) is 15.8. The average Bonchev–Trinajstić information content (AvgIpc) is 2.85. The molecule has 2 N–H and O–H groups in total. The summed E-state index contributed by atoms with van der Waals surface area (Å²) in [5.74, 6) is -0.921. The second-order valence-corrected chi connectivity index (χ2v) is 5.46. The standard InChI is InChI=1S/C15H14FN3O2S/c1-9-14(22-15(17-9)19-18-10(2)20)13(21)8-7-11-5-3-4-6-12(11)16/h3-8H,1-2H3,(H,17,19)(H,18,20)/b8-7+. The fourth-order valence-electron chi connectivity index (χ4n) is 1.67. The van der Waals surface area contributed by atoms with Crippen LogP contribution in [0.15, 0.2) is 30.3 Å². The maximum absolute atomic E-state index is 13.5. The van der Waals surface area contributed by atoms with E-state index in [4.69, 9.17) is 0 Å². The predicted molar refractivity (Wildman–Crippen MR) is 84.1 cm³/mol. The van der Waals surface area contributed by atoms with Crippen molar-refractivity contribution in [3.8, 4) is 0 Å². The van der Waals surface area contributed by atoms with Gasteiger partial charge in [0.05, 0.1) is 10.6 Å². The lowest BCUT2D eigenvalue weighted by Crippen LogP contribution is -2.26. The number of carbonyl (C=O) groups excluding carboxylic acids is 2. The number of benzene rings is 1. The Balaban J connectivity index is 2.13. The van der Waals surface area contributed by atoms with Crippen molar-refractivity contribution in [3.63, 3.8) is 0 Å². The highest BCUT2D eigenvalue weighted by atomic mass is 32.1. The van der Waals surface area contributed by atoms with Crippen molar-refractivity contribution in [2.45, 2.75) is 13.8 Å². The number of aromatic nitrogens is 1. The first-order valence-corrected chi connectivity index (χ1v) is 7.26. The van der Waals surface area contributed by atoms with E-state index in [0.717, 1.165) is 11.3 Å². The van der Waals surface area contributed by atoms with Crippen LogP contribution in [-0.4, -0.2) is 16.7 Å². The first-order valence-electron chi connectivity index (χ1n) is 6.44. The van der Waals surface area contributed by atoms with Crippen LogP contribution < -0.4 is 10.9 Å². The summed E-state index contributed by atoms with van der Waals surface area (Å²) in [7, 11) is 0. The highest BCUT2D eigenvalue weighted by Crippen LogP contribution is 2.23. The Labute approximate surface area is 130 Å². The normalized spacial score (nSPS) is 10.7. The van der Waals surface area contributed by atoms with Gasteiger partial charge in [-0.25, -0.2) is 9.37 Å². The molecule has 2 aromatic rings. The van der Waals surface area contributed by atoms with Gasteiger partial charge in [-0.1, -0.05) is 29.5 Å². The van der Waals surface area contributed by atoms with Gasteiger partial charge in [0.15, 0.2) is 5.78 Å². The number of thiazole rings is 1. The fourth-order valence-corrected chi connectivity index (χ4v) is 2.51. The van der Waals surface area contributed by atoms with Crippen molar-refractivity contribution in [1.82, 2.24) is 10.4 Å². The molecule has 0 aliphatic heterocycles. The molecule has 1 amide bonds. The molecule has 0 atom stereocenters.